The minimum atomic E-state index is -1.06. The molecule has 16 heavy (non-hydrogen) atoms. The fourth-order valence-corrected chi connectivity index (χ4v) is 1.34. The normalized spacial score (nSPS) is 12.4. The predicted molar refractivity (Wildman–Crippen MR) is 57.8 cm³/mol. The summed E-state index contributed by atoms with van der Waals surface area (Å²) in [5.41, 5.74) is 0.367. The first kappa shape index (κ1) is 12.6. The SMILES string of the molecule is CCCOC(Cc1ccccc1F)C(=O)O. The van der Waals surface area contributed by atoms with Crippen LogP contribution in [-0.2, 0) is 16.0 Å². The van der Waals surface area contributed by atoms with Gasteiger partial charge in [0, 0.05) is 13.0 Å². The van der Waals surface area contributed by atoms with Crippen LogP contribution in [0.5, 0.6) is 0 Å². The second-order valence-electron chi connectivity index (χ2n) is 3.49. The zero-order chi connectivity index (χ0) is 12.0. The van der Waals surface area contributed by atoms with Gasteiger partial charge in [-0.25, -0.2) is 9.18 Å². The number of hydrogen-bond donors (Lipinski definition) is 1. The molecule has 0 aliphatic heterocycles. The summed E-state index contributed by atoms with van der Waals surface area (Å²) in [5, 5.41) is 8.90. The molecule has 0 saturated heterocycles. The number of halogens is 1. The summed E-state index contributed by atoms with van der Waals surface area (Å²) in [6.07, 6.45) is -0.180. The summed E-state index contributed by atoms with van der Waals surface area (Å²) < 4.78 is 18.4. The Balaban J connectivity index is 2.68. The average molecular weight is 226 g/mol. The van der Waals surface area contributed by atoms with Crippen molar-refractivity contribution in [2.45, 2.75) is 25.9 Å². The van der Waals surface area contributed by atoms with Gasteiger partial charge in [-0.05, 0) is 18.1 Å². The molecular formula is C12H15FO3. The van der Waals surface area contributed by atoms with Crippen molar-refractivity contribution in [3.05, 3.63) is 35.6 Å². The third kappa shape index (κ3) is 3.62. The second-order valence-corrected chi connectivity index (χ2v) is 3.49. The van der Waals surface area contributed by atoms with Crippen LogP contribution in [0.4, 0.5) is 4.39 Å². The topological polar surface area (TPSA) is 46.5 Å². The highest BCUT2D eigenvalue weighted by Crippen LogP contribution is 2.11. The van der Waals surface area contributed by atoms with Crippen molar-refractivity contribution in [1.29, 1.82) is 0 Å². The van der Waals surface area contributed by atoms with Crippen LogP contribution in [-0.4, -0.2) is 23.8 Å². The molecule has 0 aromatic heterocycles. The van der Waals surface area contributed by atoms with Gasteiger partial charge in [-0.2, -0.15) is 0 Å². The summed E-state index contributed by atoms with van der Waals surface area (Å²) in [4.78, 5) is 10.9. The van der Waals surface area contributed by atoms with Crippen molar-refractivity contribution < 1.29 is 19.0 Å². The number of carboxylic acids is 1. The summed E-state index contributed by atoms with van der Waals surface area (Å²) in [6, 6.07) is 6.13. The molecule has 1 aromatic carbocycles. The number of hydrogen-bond acceptors (Lipinski definition) is 2. The van der Waals surface area contributed by atoms with Crippen molar-refractivity contribution in [1.82, 2.24) is 0 Å². The molecule has 0 amide bonds. The van der Waals surface area contributed by atoms with Gasteiger partial charge in [-0.3, -0.25) is 0 Å². The highest BCUT2D eigenvalue weighted by molar-refractivity contribution is 5.72. The number of aliphatic carboxylic acids is 1. The van der Waals surface area contributed by atoms with Crippen LogP contribution in [0.2, 0.25) is 0 Å². The molecule has 4 heteroatoms. The molecule has 88 valence electrons. The van der Waals surface area contributed by atoms with Gasteiger partial charge in [0.2, 0.25) is 0 Å². The minimum Gasteiger partial charge on any atom is -0.479 e. The lowest BCUT2D eigenvalue weighted by atomic mass is 10.1. The smallest absolute Gasteiger partial charge is 0.333 e. The van der Waals surface area contributed by atoms with Crippen LogP contribution in [0, 0.1) is 5.82 Å². The molecule has 1 N–H and O–H groups in total. The van der Waals surface area contributed by atoms with E-state index in [4.69, 9.17) is 9.84 Å². The molecule has 0 spiro atoms. The summed E-state index contributed by atoms with van der Waals surface area (Å²) in [5.74, 6) is -1.45. The van der Waals surface area contributed by atoms with Crippen LogP contribution in [0.15, 0.2) is 24.3 Å². The molecule has 0 aliphatic carbocycles. The Morgan fingerprint density at radius 3 is 2.75 bits per heavy atom. The zero-order valence-corrected chi connectivity index (χ0v) is 9.15. The van der Waals surface area contributed by atoms with E-state index in [0.29, 0.717) is 12.2 Å². The largest absolute Gasteiger partial charge is 0.479 e. The van der Waals surface area contributed by atoms with Crippen molar-refractivity contribution in [2.24, 2.45) is 0 Å². The first-order valence-corrected chi connectivity index (χ1v) is 5.23. The van der Waals surface area contributed by atoms with Crippen LogP contribution < -0.4 is 0 Å². The van der Waals surface area contributed by atoms with E-state index < -0.39 is 17.9 Å². The molecule has 1 atom stereocenters. The van der Waals surface area contributed by atoms with E-state index in [0.717, 1.165) is 6.42 Å². The Bertz CT molecular complexity index is 352. The molecular weight excluding hydrogens is 211 g/mol. The van der Waals surface area contributed by atoms with Crippen molar-refractivity contribution in [3.63, 3.8) is 0 Å². The molecule has 0 fully saturated rings. The van der Waals surface area contributed by atoms with Crippen LogP contribution in [0.25, 0.3) is 0 Å². The average Bonchev–Trinajstić information content (AvgIpc) is 2.26. The molecule has 0 heterocycles. The molecule has 1 rings (SSSR count). The van der Waals surface area contributed by atoms with Crippen molar-refractivity contribution in [2.75, 3.05) is 6.61 Å². The number of benzene rings is 1. The van der Waals surface area contributed by atoms with E-state index in [2.05, 4.69) is 0 Å². The van der Waals surface area contributed by atoms with Crippen LogP contribution in [0.1, 0.15) is 18.9 Å². The Morgan fingerprint density at radius 1 is 1.50 bits per heavy atom. The van der Waals surface area contributed by atoms with E-state index in [9.17, 15) is 9.18 Å². The first-order valence-electron chi connectivity index (χ1n) is 5.23. The second kappa shape index (κ2) is 6.23. The maximum atomic E-state index is 13.3. The number of carboxylic acid groups (broad SMARTS) is 1. The van der Waals surface area contributed by atoms with Gasteiger partial charge < -0.3 is 9.84 Å². The van der Waals surface area contributed by atoms with Gasteiger partial charge in [0.25, 0.3) is 0 Å². The van der Waals surface area contributed by atoms with Gasteiger partial charge in [-0.15, -0.1) is 0 Å². The van der Waals surface area contributed by atoms with E-state index in [-0.39, 0.29) is 6.42 Å². The van der Waals surface area contributed by atoms with E-state index in [1.807, 2.05) is 6.92 Å². The molecule has 0 saturated carbocycles. The lowest BCUT2D eigenvalue weighted by molar-refractivity contribution is -0.150. The molecule has 1 aromatic rings. The van der Waals surface area contributed by atoms with Crippen LogP contribution in [0.3, 0.4) is 0 Å². The Morgan fingerprint density at radius 2 is 2.19 bits per heavy atom. The third-order valence-corrected chi connectivity index (χ3v) is 2.16. The maximum absolute atomic E-state index is 13.3. The zero-order valence-electron chi connectivity index (χ0n) is 9.15. The van der Waals surface area contributed by atoms with Gasteiger partial charge in [0.15, 0.2) is 6.10 Å². The maximum Gasteiger partial charge on any atom is 0.333 e. The third-order valence-electron chi connectivity index (χ3n) is 2.16. The van der Waals surface area contributed by atoms with Gasteiger partial charge >= 0.3 is 5.97 Å². The molecule has 0 aliphatic rings. The first-order chi connectivity index (χ1) is 7.65. The summed E-state index contributed by atoms with van der Waals surface area (Å²) in [6.45, 7) is 2.26. The Kier molecular flexibility index (Phi) is 4.92. The fourth-order valence-electron chi connectivity index (χ4n) is 1.34. The van der Waals surface area contributed by atoms with E-state index >= 15 is 0 Å². The number of rotatable bonds is 6. The fraction of sp³-hybridized carbons (Fsp3) is 0.417. The lowest BCUT2D eigenvalue weighted by Crippen LogP contribution is -2.27. The predicted octanol–water partition coefficient (Wildman–Crippen LogP) is 2.25. The summed E-state index contributed by atoms with van der Waals surface area (Å²) in [7, 11) is 0. The monoisotopic (exact) mass is 226 g/mol. The molecule has 0 radical (unpaired) electrons. The number of ether oxygens (including phenoxy) is 1. The summed E-state index contributed by atoms with van der Waals surface area (Å²) >= 11 is 0. The Labute approximate surface area is 93.9 Å². The lowest BCUT2D eigenvalue weighted by Gasteiger charge is -2.13. The molecule has 3 nitrogen and oxygen atoms in total. The van der Waals surface area contributed by atoms with Gasteiger partial charge in [-0.1, -0.05) is 25.1 Å². The van der Waals surface area contributed by atoms with Gasteiger partial charge in [0.05, 0.1) is 0 Å². The quantitative estimate of drug-likeness (QED) is 0.809. The van der Waals surface area contributed by atoms with Gasteiger partial charge in [0.1, 0.15) is 5.82 Å². The highest BCUT2D eigenvalue weighted by atomic mass is 19.1. The Hall–Kier alpha value is -1.42. The molecule has 0 bridgehead atoms. The standard InChI is InChI=1S/C12H15FO3/c1-2-7-16-11(12(14)15)8-9-5-3-4-6-10(9)13/h3-6,11H,2,7-8H2,1H3,(H,14,15). The molecule has 1 unspecified atom stereocenters. The highest BCUT2D eigenvalue weighted by Gasteiger charge is 2.19. The van der Waals surface area contributed by atoms with Crippen molar-refractivity contribution in [3.8, 4) is 0 Å². The van der Waals surface area contributed by atoms with E-state index in [1.54, 1.807) is 18.2 Å². The minimum absolute atomic E-state index is 0.0575. The van der Waals surface area contributed by atoms with Crippen LogP contribution >= 0.6 is 0 Å². The van der Waals surface area contributed by atoms with E-state index in [1.165, 1.54) is 6.07 Å². The number of carbonyl (C=O) groups is 1. The van der Waals surface area contributed by atoms with Crippen molar-refractivity contribution >= 4 is 5.97 Å².